The van der Waals surface area contributed by atoms with E-state index in [9.17, 15) is 5.11 Å². The molecule has 0 aliphatic rings. The summed E-state index contributed by atoms with van der Waals surface area (Å²) in [6.07, 6.45) is 2.95. The average Bonchev–Trinajstić information content (AvgIpc) is 2.86. The zero-order valence-corrected chi connectivity index (χ0v) is 24.2. The van der Waals surface area contributed by atoms with Crippen molar-refractivity contribution >= 4 is 69.5 Å². The molecule has 0 saturated heterocycles. The van der Waals surface area contributed by atoms with E-state index in [1.54, 1.807) is 12.1 Å². The number of rotatable bonds is 6. The van der Waals surface area contributed by atoms with Crippen LogP contribution in [0.1, 0.15) is 27.8 Å². The molecule has 0 fully saturated rings. The summed E-state index contributed by atoms with van der Waals surface area (Å²) < 4.78 is 0. The standard InChI is InChI=1S/C25H26N6OS2.ClH.2Cu/c1-16-12-19(14-26-30-24(33)28-21-10-6-4-8-17(21)2)23(32)20(13-16)15-27-31-25(34)29-22-11-7-5-9-18(22)3;;;/h4-15,32H,1-3H3,(H2,28,30,33)(H2,29,31,34);1H;;/q;;+1;+2/p-3/b26-14+,27-15+;;;. The van der Waals surface area contributed by atoms with Crippen LogP contribution in [0.5, 0.6) is 5.75 Å². The molecule has 0 saturated carbocycles. The van der Waals surface area contributed by atoms with Gasteiger partial charge in [-0.3, -0.25) is 20.8 Å². The molecule has 0 bridgehead atoms. The molecular formula is C25H24ClCu2N6OS2. The smallest absolute Gasteiger partial charge is 1.00 e. The molecule has 0 spiro atoms. The maximum Gasteiger partial charge on any atom is 1.00 e. The van der Waals surface area contributed by atoms with Gasteiger partial charge in [0.2, 0.25) is 0 Å². The first-order valence-corrected chi connectivity index (χ1v) is 12.6. The largest absolute Gasteiger partial charge is 1.00 e. The van der Waals surface area contributed by atoms with Gasteiger partial charge < -0.3 is 30.4 Å². The first-order chi connectivity index (χ1) is 17.3. The van der Waals surface area contributed by atoms with Crippen molar-refractivity contribution in [2.45, 2.75) is 20.8 Å². The molecule has 0 unspecified atom stereocenters. The van der Waals surface area contributed by atoms with Crippen LogP contribution in [0.4, 0.5) is 11.4 Å². The van der Waals surface area contributed by atoms with E-state index in [0.717, 1.165) is 28.1 Å². The molecule has 12 heteroatoms. The van der Waals surface area contributed by atoms with Crippen LogP contribution in [0.25, 0.3) is 0 Å². The van der Waals surface area contributed by atoms with Crippen molar-refractivity contribution in [3.05, 3.63) is 88.5 Å². The van der Waals surface area contributed by atoms with Crippen LogP contribution in [-0.2, 0) is 57.4 Å². The molecule has 3 aromatic rings. The van der Waals surface area contributed by atoms with Gasteiger partial charge in [0.25, 0.3) is 0 Å². The summed E-state index contributed by atoms with van der Waals surface area (Å²) in [5.41, 5.74) is 10.9. The summed E-state index contributed by atoms with van der Waals surface area (Å²) in [5.74, 6) is 0.0187. The van der Waals surface area contributed by atoms with Gasteiger partial charge >= 0.3 is 42.3 Å². The zero-order chi connectivity index (χ0) is 26.5. The van der Waals surface area contributed by atoms with E-state index in [2.05, 4.69) is 56.2 Å². The molecule has 0 aromatic heterocycles. The van der Waals surface area contributed by atoms with Gasteiger partial charge in [0.1, 0.15) is 5.75 Å². The molecule has 0 aliphatic carbocycles. The van der Waals surface area contributed by atoms with Crippen LogP contribution in [-0.4, -0.2) is 27.9 Å². The molecule has 0 atom stereocenters. The summed E-state index contributed by atoms with van der Waals surface area (Å²) in [4.78, 5) is 8.67. The maximum absolute atomic E-state index is 10.6. The number of nitrogens with one attached hydrogen (secondary N) is 2. The third-order valence-electron chi connectivity index (χ3n) is 4.72. The fraction of sp³-hybridized carbons (Fsp3) is 0.120. The van der Waals surface area contributed by atoms with Crippen molar-refractivity contribution in [1.29, 1.82) is 0 Å². The van der Waals surface area contributed by atoms with Crippen molar-refractivity contribution in [1.82, 2.24) is 10.9 Å². The minimum atomic E-state index is 0. The summed E-state index contributed by atoms with van der Waals surface area (Å²) >= 11 is 14.1. The van der Waals surface area contributed by atoms with Crippen LogP contribution in [0.15, 0.2) is 80.9 Å². The van der Waals surface area contributed by atoms with E-state index in [4.69, 9.17) is 25.3 Å². The molecule has 7 nitrogen and oxygen atoms in total. The van der Waals surface area contributed by atoms with Crippen LogP contribution in [0.3, 0.4) is 0 Å². The fourth-order valence-corrected chi connectivity index (χ4v) is 3.30. The van der Waals surface area contributed by atoms with Crippen molar-refractivity contribution in [3.8, 4) is 5.75 Å². The number of hydrogen-bond donors (Lipinski definition) is 3. The number of para-hydroxylation sites is 2. The Morgan fingerprint density at radius 1 is 0.784 bits per heavy atom. The van der Waals surface area contributed by atoms with E-state index < -0.39 is 0 Å². The maximum atomic E-state index is 10.6. The monoisotopic (exact) mass is 649 g/mol. The second-order valence-electron chi connectivity index (χ2n) is 7.44. The van der Waals surface area contributed by atoms with E-state index in [1.165, 1.54) is 12.4 Å². The van der Waals surface area contributed by atoms with Crippen molar-refractivity contribution in [2.75, 3.05) is 0 Å². The number of aryl methyl sites for hydroxylation is 3. The van der Waals surface area contributed by atoms with Crippen molar-refractivity contribution in [2.24, 2.45) is 20.2 Å². The van der Waals surface area contributed by atoms with Gasteiger partial charge in [0.05, 0.1) is 23.8 Å². The predicted molar refractivity (Wildman–Crippen MR) is 151 cm³/mol. The Kier molecular flexibility index (Phi) is 15.0. The number of aromatic hydroxyl groups is 1. The number of nitrogens with zero attached hydrogens (tertiary/aromatic N) is 4. The van der Waals surface area contributed by atoms with Crippen LogP contribution >= 0.6 is 10.1 Å². The second kappa shape index (κ2) is 17.1. The Balaban J connectivity index is 0.00000223. The van der Waals surface area contributed by atoms with Crippen LogP contribution in [0, 0.1) is 20.8 Å². The molecule has 3 aromatic carbocycles. The quantitative estimate of drug-likeness (QED) is 0.110. The third-order valence-corrected chi connectivity index (χ3v) is 5.08. The zero-order valence-electron chi connectivity index (χ0n) is 20.0. The van der Waals surface area contributed by atoms with Gasteiger partial charge in [-0.1, -0.05) is 36.4 Å². The van der Waals surface area contributed by atoms with Crippen molar-refractivity contribution in [3.63, 3.8) is 0 Å². The third kappa shape index (κ3) is 10.8. The van der Waals surface area contributed by atoms with Gasteiger partial charge in [0.15, 0.2) is 0 Å². The summed E-state index contributed by atoms with van der Waals surface area (Å²) in [7, 11) is 4.20. The molecule has 3 N–H and O–H groups in total. The van der Waals surface area contributed by atoms with Crippen molar-refractivity contribution < 1.29 is 37.3 Å². The number of benzene rings is 3. The number of amidine groups is 2. The van der Waals surface area contributed by atoms with Crippen LogP contribution < -0.4 is 10.9 Å². The summed E-state index contributed by atoms with van der Waals surface area (Å²) in [6, 6.07) is 18.9. The van der Waals surface area contributed by atoms with Gasteiger partial charge in [0, 0.05) is 21.5 Å². The first kappa shape index (κ1) is 32.5. The number of hydrazone groups is 2. The molecule has 3 rings (SSSR count). The Hall–Kier alpha value is -2.49. The predicted octanol–water partition coefficient (Wildman–Crippen LogP) is 5.32. The Bertz CT molecular complexity index is 1210. The molecule has 0 heterocycles. The number of hydrogen-bond acceptors (Lipinski definition) is 7. The minimum Gasteiger partial charge on any atom is 1.00 e. The normalized spacial score (nSPS) is 11.6. The Morgan fingerprint density at radius 2 is 1.16 bits per heavy atom. The van der Waals surface area contributed by atoms with E-state index in [0.29, 0.717) is 11.1 Å². The average molecular weight is 651 g/mol. The van der Waals surface area contributed by atoms with E-state index >= 15 is 0 Å². The van der Waals surface area contributed by atoms with Gasteiger partial charge in [-0.25, -0.2) is 0 Å². The molecule has 0 aliphatic heterocycles. The summed E-state index contributed by atoms with van der Waals surface area (Å²) in [5, 5.41) is 19.3. The summed E-state index contributed by atoms with van der Waals surface area (Å²) in [6.45, 7) is 5.82. The van der Waals surface area contributed by atoms with E-state index in [1.807, 2.05) is 69.3 Å². The van der Waals surface area contributed by atoms with E-state index in [-0.39, 0.29) is 33.2 Å². The number of phenols is 1. The van der Waals surface area contributed by atoms with Gasteiger partial charge in [-0.15, -0.1) is 0 Å². The molecule has 0 amide bonds. The van der Waals surface area contributed by atoms with Gasteiger partial charge in [-0.05, 0) is 61.7 Å². The Morgan fingerprint density at radius 3 is 1.54 bits per heavy atom. The van der Waals surface area contributed by atoms with Crippen LogP contribution in [0.2, 0.25) is 0 Å². The molecule has 201 valence electrons. The fourth-order valence-electron chi connectivity index (χ4n) is 2.99. The van der Waals surface area contributed by atoms with Gasteiger partial charge in [-0.2, -0.15) is 10.2 Å². The number of phenolic OH excluding ortho intramolecular Hbond substituents is 1. The second-order valence-corrected chi connectivity index (χ2v) is 8.21. The molecular weight excluding hydrogens is 627 g/mol. The number of halogens is 1. The number of aliphatic imine (C=N–C) groups is 2. The molecule has 37 heavy (non-hydrogen) atoms. The topological polar surface area (TPSA) is 93.7 Å². The Labute approximate surface area is 251 Å². The minimum absolute atomic E-state index is 0. The first-order valence-electron chi connectivity index (χ1n) is 10.5. The SMILES string of the molecule is Cc1cc(/C=N/NC([S-])=Nc2ccccc2C)c(O)c(/C=N/NC([S-])=Nc2ccccc2C)c1.[Cl][Cu+].[Cu+]. The molecule has 0 radical (unpaired) electrons.